The van der Waals surface area contributed by atoms with Crippen LogP contribution in [0.5, 0.6) is 0 Å². The molecule has 0 aliphatic rings. The van der Waals surface area contributed by atoms with E-state index >= 15 is 0 Å². The fraction of sp³-hybridized carbons (Fsp3) is 0.385. The van der Waals surface area contributed by atoms with Crippen LogP contribution in [0, 0.1) is 0 Å². The smallest absolute Gasteiger partial charge is 0.251 e. The first-order valence-electron chi connectivity index (χ1n) is 5.83. The monoisotopic (exact) mass is 285 g/mol. The van der Waals surface area contributed by atoms with Gasteiger partial charge < -0.3 is 16.0 Å². The zero-order chi connectivity index (χ0) is 13.5. The van der Waals surface area contributed by atoms with Gasteiger partial charge in [-0.15, -0.1) is 12.4 Å². The molecule has 0 radical (unpaired) electrons. The predicted octanol–water partition coefficient (Wildman–Crippen LogP) is 0.775. The van der Waals surface area contributed by atoms with Gasteiger partial charge in [0.05, 0.1) is 0 Å². The molecule has 0 heterocycles. The Morgan fingerprint density at radius 1 is 1.26 bits per heavy atom. The lowest BCUT2D eigenvalue weighted by Gasteiger charge is -2.17. The van der Waals surface area contributed by atoms with E-state index in [1.54, 1.807) is 31.1 Å². The van der Waals surface area contributed by atoms with Crippen molar-refractivity contribution in [3.63, 3.8) is 0 Å². The van der Waals surface area contributed by atoms with E-state index in [-0.39, 0.29) is 24.2 Å². The first-order chi connectivity index (χ1) is 8.58. The van der Waals surface area contributed by atoms with Crippen molar-refractivity contribution in [1.29, 1.82) is 0 Å². The first-order valence-corrected chi connectivity index (χ1v) is 5.83. The summed E-state index contributed by atoms with van der Waals surface area (Å²) in [5.74, 6) is -0.0954. The Hall–Kier alpha value is -1.59. The van der Waals surface area contributed by atoms with Crippen LogP contribution in [-0.4, -0.2) is 37.4 Å². The summed E-state index contributed by atoms with van der Waals surface area (Å²) in [5.41, 5.74) is 6.93. The summed E-state index contributed by atoms with van der Waals surface area (Å²) >= 11 is 0. The molecule has 0 aliphatic carbocycles. The van der Waals surface area contributed by atoms with Crippen LogP contribution >= 0.6 is 12.4 Å². The molecule has 0 saturated heterocycles. The van der Waals surface area contributed by atoms with Crippen molar-refractivity contribution in [2.45, 2.75) is 13.0 Å². The Balaban J connectivity index is 0.00000324. The second kappa shape index (κ2) is 8.50. The number of nitrogens with two attached hydrogens (primary N) is 1. The molecule has 0 spiro atoms. The molecule has 1 rings (SSSR count). The lowest BCUT2D eigenvalue weighted by atomic mass is 10.1. The average molecular weight is 286 g/mol. The fourth-order valence-electron chi connectivity index (χ4n) is 1.58. The molecule has 19 heavy (non-hydrogen) atoms. The topological polar surface area (TPSA) is 75.4 Å². The summed E-state index contributed by atoms with van der Waals surface area (Å²) in [6, 6.07) is 7.18. The summed E-state index contributed by atoms with van der Waals surface area (Å²) in [6.45, 7) is 0.881. The standard InChI is InChI=1S/C13H19N3O2.ClH/c1-15-13(18)11-5-3-10(4-6-11)9-16(2)12(17)7-8-14;/h3-6H,7-9,14H2,1-2H3,(H,15,18);1H. The van der Waals surface area contributed by atoms with E-state index in [1.165, 1.54) is 0 Å². The van der Waals surface area contributed by atoms with Crippen molar-refractivity contribution in [1.82, 2.24) is 10.2 Å². The molecule has 0 aromatic heterocycles. The largest absolute Gasteiger partial charge is 0.355 e. The summed E-state index contributed by atoms with van der Waals surface area (Å²) in [6.07, 6.45) is 0.354. The van der Waals surface area contributed by atoms with E-state index in [4.69, 9.17) is 5.73 Å². The third-order valence-corrected chi connectivity index (χ3v) is 2.65. The van der Waals surface area contributed by atoms with E-state index < -0.39 is 0 Å². The third kappa shape index (κ3) is 5.28. The number of nitrogens with one attached hydrogen (secondary N) is 1. The van der Waals surface area contributed by atoms with E-state index in [9.17, 15) is 9.59 Å². The highest BCUT2D eigenvalue weighted by atomic mass is 35.5. The Morgan fingerprint density at radius 3 is 2.32 bits per heavy atom. The number of carbonyl (C=O) groups is 2. The molecule has 1 aromatic carbocycles. The second-order valence-corrected chi connectivity index (χ2v) is 4.06. The molecule has 0 atom stereocenters. The van der Waals surface area contributed by atoms with E-state index in [0.29, 0.717) is 25.1 Å². The molecule has 6 heteroatoms. The van der Waals surface area contributed by atoms with Crippen molar-refractivity contribution in [3.05, 3.63) is 35.4 Å². The molecule has 3 N–H and O–H groups in total. The van der Waals surface area contributed by atoms with E-state index in [0.717, 1.165) is 5.56 Å². The van der Waals surface area contributed by atoms with Crippen molar-refractivity contribution in [2.24, 2.45) is 5.73 Å². The van der Waals surface area contributed by atoms with Crippen molar-refractivity contribution in [3.8, 4) is 0 Å². The maximum Gasteiger partial charge on any atom is 0.251 e. The van der Waals surface area contributed by atoms with E-state index in [2.05, 4.69) is 5.32 Å². The van der Waals surface area contributed by atoms with Gasteiger partial charge in [-0.3, -0.25) is 9.59 Å². The van der Waals surface area contributed by atoms with Crippen LogP contribution in [0.25, 0.3) is 0 Å². The minimum atomic E-state index is -0.117. The molecule has 0 saturated carbocycles. The van der Waals surface area contributed by atoms with Gasteiger partial charge in [0, 0.05) is 39.2 Å². The maximum atomic E-state index is 11.6. The zero-order valence-electron chi connectivity index (χ0n) is 11.2. The average Bonchev–Trinajstić information content (AvgIpc) is 2.39. The van der Waals surface area contributed by atoms with Gasteiger partial charge in [-0.2, -0.15) is 0 Å². The van der Waals surface area contributed by atoms with Crippen LogP contribution in [0.1, 0.15) is 22.3 Å². The highest BCUT2D eigenvalue weighted by molar-refractivity contribution is 5.93. The number of rotatable bonds is 5. The number of amides is 2. The first kappa shape index (κ1) is 17.4. The number of halogens is 1. The summed E-state index contributed by atoms with van der Waals surface area (Å²) < 4.78 is 0. The molecule has 106 valence electrons. The van der Waals surface area contributed by atoms with Crippen LogP contribution in [0.2, 0.25) is 0 Å². The highest BCUT2D eigenvalue weighted by Crippen LogP contribution is 2.07. The van der Waals surface area contributed by atoms with Crippen LogP contribution in [-0.2, 0) is 11.3 Å². The van der Waals surface area contributed by atoms with Crippen molar-refractivity contribution in [2.75, 3.05) is 20.6 Å². The normalized spacial score (nSPS) is 9.42. The lowest BCUT2D eigenvalue weighted by molar-refractivity contribution is -0.130. The molecule has 0 aliphatic heterocycles. The van der Waals surface area contributed by atoms with Crippen molar-refractivity contribution >= 4 is 24.2 Å². The number of hydrogen-bond acceptors (Lipinski definition) is 3. The van der Waals surface area contributed by atoms with Crippen LogP contribution < -0.4 is 11.1 Å². The molecular formula is C13H20ClN3O2. The Morgan fingerprint density at radius 2 is 1.84 bits per heavy atom. The number of nitrogens with zero attached hydrogens (tertiary/aromatic N) is 1. The third-order valence-electron chi connectivity index (χ3n) is 2.65. The Labute approximate surface area is 119 Å². The molecule has 0 unspecified atom stereocenters. The summed E-state index contributed by atoms with van der Waals surface area (Å²) in [4.78, 5) is 24.5. The predicted molar refractivity (Wildman–Crippen MR) is 77.2 cm³/mol. The van der Waals surface area contributed by atoms with Gasteiger partial charge in [0.2, 0.25) is 5.91 Å². The quantitative estimate of drug-likeness (QED) is 0.839. The van der Waals surface area contributed by atoms with Gasteiger partial charge in [-0.05, 0) is 17.7 Å². The SMILES string of the molecule is CNC(=O)c1ccc(CN(C)C(=O)CCN)cc1.Cl. The summed E-state index contributed by atoms with van der Waals surface area (Å²) in [5, 5.41) is 2.56. The molecule has 0 fully saturated rings. The fourth-order valence-corrected chi connectivity index (χ4v) is 1.58. The summed E-state index contributed by atoms with van der Waals surface area (Å²) in [7, 11) is 3.33. The molecule has 0 bridgehead atoms. The minimum absolute atomic E-state index is 0. The number of carbonyl (C=O) groups excluding carboxylic acids is 2. The number of benzene rings is 1. The van der Waals surface area contributed by atoms with Gasteiger partial charge in [0.25, 0.3) is 5.91 Å². The van der Waals surface area contributed by atoms with Gasteiger partial charge in [0.1, 0.15) is 0 Å². The van der Waals surface area contributed by atoms with E-state index in [1.807, 2.05) is 12.1 Å². The van der Waals surface area contributed by atoms with Crippen LogP contribution in [0.4, 0.5) is 0 Å². The van der Waals surface area contributed by atoms with Crippen molar-refractivity contribution < 1.29 is 9.59 Å². The van der Waals surface area contributed by atoms with Gasteiger partial charge in [-0.25, -0.2) is 0 Å². The van der Waals surface area contributed by atoms with Crippen LogP contribution in [0.3, 0.4) is 0 Å². The molecule has 5 nitrogen and oxygen atoms in total. The van der Waals surface area contributed by atoms with Crippen LogP contribution in [0.15, 0.2) is 24.3 Å². The second-order valence-electron chi connectivity index (χ2n) is 4.06. The number of hydrogen-bond donors (Lipinski definition) is 2. The molecule has 2 amide bonds. The Bertz CT molecular complexity index is 420. The zero-order valence-corrected chi connectivity index (χ0v) is 12.0. The molecule has 1 aromatic rings. The highest BCUT2D eigenvalue weighted by Gasteiger charge is 2.08. The maximum absolute atomic E-state index is 11.6. The van der Waals surface area contributed by atoms with Gasteiger partial charge in [-0.1, -0.05) is 12.1 Å². The van der Waals surface area contributed by atoms with Gasteiger partial charge in [0.15, 0.2) is 0 Å². The minimum Gasteiger partial charge on any atom is -0.355 e. The Kier molecular flexibility index (Phi) is 7.79. The van der Waals surface area contributed by atoms with Gasteiger partial charge >= 0.3 is 0 Å². The lowest BCUT2D eigenvalue weighted by Crippen LogP contribution is -2.28. The molecular weight excluding hydrogens is 266 g/mol.